The van der Waals surface area contributed by atoms with Crippen molar-refractivity contribution in [2.45, 2.75) is 39.8 Å². The van der Waals surface area contributed by atoms with Crippen molar-refractivity contribution >= 4 is 8.88 Å². The molecule has 0 atom stereocenters. The van der Waals surface area contributed by atoms with Gasteiger partial charge in [0.1, 0.15) is 0 Å². The topological polar surface area (TPSA) is 24.9 Å². The molecule has 1 rings (SSSR count). The summed E-state index contributed by atoms with van der Waals surface area (Å²) in [4.78, 5) is 0. The maximum atomic E-state index is 5.64. The first kappa shape index (κ1) is 12.1. The Bertz CT molecular complexity index is 179. The van der Waals surface area contributed by atoms with E-state index in [1.54, 1.807) is 14.2 Å². The minimum absolute atomic E-state index is 0.483. The minimum atomic E-state index is -2.21. The summed E-state index contributed by atoms with van der Waals surface area (Å²) in [5.74, 6) is 0. The summed E-state index contributed by atoms with van der Waals surface area (Å²) in [6.45, 7) is 9.67. The molecule has 1 aliphatic rings. The first-order valence-corrected chi connectivity index (χ1v) is 6.84. The van der Waals surface area contributed by atoms with Crippen molar-refractivity contribution in [1.82, 2.24) is 9.13 Å². The van der Waals surface area contributed by atoms with Gasteiger partial charge in [0, 0.05) is 33.0 Å². The van der Waals surface area contributed by atoms with E-state index in [1.165, 1.54) is 0 Å². The van der Waals surface area contributed by atoms with Crippen LogP contribution < -0.4 is 0 Å². The smallest absolute Gasteiger partial charge is 0.374 e. The zero-order chi connectivity index (χ0) is 10.9. The number of hydrogen-bond acceptors (Lipinski definition) is 4. The van der Waals surface area contributed by atoms with Crippen LogP contribution in [0.2, 0.25) is 0 Å². The van der Waals surface area contributed by atoms with Crippen LogP contribution >= 0.6 is 0 Å². The van der Waals surface area contributed by atoms with E-state index in [4.69, 9.17) is 8.85 Å². The third-order valence-electron chi connectivity index (χ3n) is 2.81. The monoisotopic (exact) mass is 218 g/mol. The van der Waals surface area contributed by atoms with Crippen molar-refractivity contribution in [2.24, 2.45) is 0 Å². The van der Waals surface area contributed by atoms with E-state index in [1.807, 2.05) is 0 Å². The Labute approximate surface area is 88.2 Å². The molecule has 0 aliphatic carbocycles. The molecule has 0 unspecified atom stereocenters. The van der Waals surface area contributed by atoms with E-state index >= 15 is 0 Å². The predicted octanol–water partition coefficient (Wildman–Crippen LogP) is 1.11. The van der Waals surface area contributed by atoms with Gasteiger partial charge in [-0.25, -0.2) is 0 Å². The van der Waals surface area contributed by atoms with Gasteiger partial charge in [0.15, 0.2) is 0 Å². The highest BCUT2D eigenvalue weighted by atomic mass is 28.4. The lowest BCUT2D eigenvalue weighted by molar-refractivity contribution is -0.0262. The van der Waals surface area contributed by atoms with Crippen molar-refractivity contribution in [3.05, 3.63) is 0 Å². The maximum absolute atomic E-state index is 5.64. The van der Waals surface area contributed by atoms with Crippen LogP contribution in [0.25, 0.3) is 0 Å². The fraction of sp³-hybridized carbons (Fsp3) is 1.00. The van der Waals surface area contributed by atoms with Crippen LogP contribution in [0.5, 0.6) is 0 Å². The van der Waals surface area contributed by atoms with Crippen LogP contribution in [0.1, 0.15) is 27.7 Å². The number of nitrogens with zero attached hydrogens (tertiary/aromatic N) is 2. The van der Waals surface area contributed by atoms with Crippen LogP contribution in [0, 0.1) is 0 Å². The molecule has 0 aromatic carbocycles. The zero-order valence-corrected chi connectivity index (χ0v) is 11.1. The zero-order valence-electron chi connectivity index (χ0n) is 10.1. The van der Waals surface area contributed by atoms with Crippen molar-refractivity contribution in [1.29, 1.82) is 0 Å². The van der Waals surface area contributed by atoms with Crippen molar-refractivity contribution in [3.8, 4) is 0 Å². The summed E-state index contributed by atoms with van der Waals surface area (Å²) in [6.07, 6.45) is 0. The van der Waals surface area contributed by atoms with Gasteiger partial charge in [-0.2, -0.15) is 0 Å². The Morgan fingerprint density at radius 1 is 0.929 bits per heavy atom. The SMILES string of the molecule is CO[Si]1(OC)N(C(C)C)CN1C(C)C. The van der Waals surface area contributed by atoms with Gasteiger partial charge >= 0.3 is 8.88 Å². The largest absolute Gasteiger partial charge is 0.524 e. The Morgan fingerprint density at radius 2 is 1.29 bits per heavy atom. The highest BCUT2D eigenvalue weighted by Crippen LogP contribution is 2.31. The third-order valence-corrected chi connectivity index (χ3v) is 6.64. The van der Waals surface area contributed by atoms with Crippen molar-refractivity contribution < 1.29 is 8.85 Å². The highest BCUT2D eigenvalue weighted by Gasteiger charge is 2.61. The summed E-state index contributed by atoms with van der Waals surface area (Å²) >= 11 is 0. The molecule has 0 radical (unpaired) electrons. The van der Waals surface area contributed by atoms with E-state index in [0.29, 0.717) is 12.1 Å². The molecule has 1 heterocycles. The second-order valence-electron chi connectivity index (χ2n) is 4.23. The van der Waals surface area contributed by atoms with E-state index in [0.717, 1.165) is 6.67 Å². The summed E-state index contributed by atoms with van der Waals surface area (Å²) in [5, 5.41) is 0. The second kappa shape index (κ2) is 4.28. The van der Waals surface area contributed by atoms with Gasteiger partial charge in [-0.1, -0.05) is 27.7 Å². The molecular formula is C9H22N2O2Si. The third kappa shape index (κ3) is 1.63. The van der Waals surface area contributed by atoms with E-state index in [-0.39, 0.29) is 0 Å². The average molecular weight is 218 g/mol. The second-order valence-corrected chi connectivity index (χ2v) is 7.29. The molecule has 1 saturated heterocycles. The molecule has 0 aromatic heterocycles. The number of rotatable bonds is 4. The molecular weight excluding hydrogens is 196 g/mol. The molecule has 1 aliphatic heterocycles. The van der Waals surface area contributed by atoms with Crippen molar-refractivity contribution in [2.75, 3.05) is 20.9 Å². The van der Waals surface area contributed by atoms with Crippen LogP contribution in [0.15, 0.2) is 0 Å². The van der Waals surface area contributed by atoms with Gasteiger partial charge in [0.05, 0.1) is 0 Å². The van der Waals surface area contributed by atoms with E-state index in [9.17, 15) is 0 Å². The van der Waals surface area contributed by atoms with E-state index < -0.39 is 8.88 Å². The standard InChI is InChI=1S/C9H22N2O2Si/c1-8(2)10-7-11(9(3)4)14(10,12-5)13-6/h8-9H,7H2,1-6H3. The Hall–Kier alpha value is 0.0569. The van der Waals surface area contributed by atoms with Gasteiger partial charge in [0.25, 0.3) is 0 Å². The summed E-state index contributed by atoms with van der Waals surface area (Å²) in [6, 6.07) is 0.966. The summed E-state index contributed by atoms with van der Waals surface area (Å²) in [7, 11) is 1.29. The number of hydrogen-bond donors (Lipinski definition) is 0. The van der Waals surface area contributed by atoms with Gasteiger partial charge in [0.2, 0.25) is 0 Å². The fourth-order valence-electron chi connectivity index (χ4n) is 1.96. The summed E-state index contributed by atoms with van der Waals surface area (Å²) < 4.78 is 15.9. The van der Waals surface area contributed by atoms with Crippen LogP contribution in [0.4, 0.5) is 0 Å². The predicted molar refractivity (Wildman–Crippen MR) is 58.6 cm³/mol. The summed E-state index contributed by atoms with van der Waals surface area (Å²) in [5.41, 5.74) is 0. The van der Waals surface area contributed by atoms with Gasteiger partial charge in [-0.15, -0.1) is 0 Å². The lowest BCUT2D eigenvalue weighted by atomic mass is 10.4. The Kier molecular flexibility index (Phi) is 3.71. The molecule has 84 valence electrons. The van der Waals surface area contributed by atoms with Crippen LogP contribution in [-0.4, -0.2) is 51.0 Å². The molecule has 14 heavy (non-hydrogen) atoms. The quantitative estimate of drug-likeness (QED) is 0.660. The molecule has 0 amide bonds. The van der Waals surface area contributed by atoms with Crippen LogP contribution in [-0.2, 0) is 8.85 Å². The molecule has 1 fully saturated rings. The van der Waals surface area contributed by atoms with Gasteiger partial charge in [-0.3, -0.25) is 9.13 Å². The lowest BCUT2D eigenvalue weighted by Crippen LogP contribution is -2.83. The molecule has 0 N–H and O–H groups in total. The molecule has 5 heteroatoms. The first-order valence-electron chi connectivity index (χ1n) is 5.13. The van der Waals surface area contributed by atoms with Crippen LogP contribution in [0.3, 0.4) is 0 Å². The molecule has 0 spiro atoms. The van der Waals surface area contributed by atoms with Gasteiger partial charge in [-0.05, 0) is 0 Å². The molecule has 4 nitrogen and oxygen atoms in total. The highest BCUT2D eigenvalue weighted by molar-refractivity contribution is 6.64. The van der Waals surface area contributed by atoms with Gasteiger partial charge < -0.3 is 8.85 Å². The molecule has 0 bridgehead atoms. The maximum Gasteiger partial charge on any atom is 0.524 e. The minimum Gasteiger partial charge on any atom is -0.374 e. The molecule has 0 saturated carbocycles. The lowest BCUT2D eigenvalue weighted by Gasteiger charge is -2.57. The van der Waals surface area contributed by atoms with Crippen molar-refractivity contribution in [3.63, 3.8) is 0 Å². The van der Waals surface area contributed by atoms with E-state index in [2.05, 4.69) is 36.8 Å². The normalized spacial score (nSPS) is 23.1. The molecule has 0 aromatic rings. The Balaban J connectivity index is 2.79. The fourth-order valence-corrected chi connectivity index (χ4v) is 5.14. The Morgan fingerprint density at radius 3 is 1.50 bits per heavy atom. The first-order chi connectivity index (χ1) is 6.49. The average Bonchev–Trinajstić information content (AvgIpc) is 2.03.